The van der Waals surface area contributed by atoms with Crippen molar-refractivity contribution >= 4 is 0 Å². The Labute approximate surface area is 88.8 Å². The van der Waals surface area contributed by atoms with Crippen LogP contribution in [0.4, 0.5) is 0 Å². The largest absolute Gasteiger partial charge is 0.0842 e. The molecule has 2 unspecified atom stereocenters. The van der Waals surface area contributed by atoms with Crippen LogP contribution >= 0.6 is 0 Å². The van der Waals surface area contributed by atoms with Crippen molar-refractivity contribution < 1.29 is 0 Å². The van der Waals surface area contributed by atoms with E-state index in [1.165, 1.54) is 19.3 Å². The molecule has 0 radical (unpaired) electrons. The van der Waals surface area contributed by atoms with Crippen LogP contribution in [-0.4, -0.2) is 0 Å². The summed E-state index contributed by atoms with van der Waals surface area (Å²) < 4.78 is 0. The Bertz CT molecular complexity index is 270. The van der Waals surface area contributed by atoms with Crippen LogP contribution in [0, 0.1) is 22.7 Å². The standard InChI is InChI=1S/C14H24/c1-10(2)12-7-6-11-8-9-14(12,5)13(11,3)4/h7,10-11H,6,8-9H2,1-5H3. The number of rotatable bonds is 1. The van der Waals surface area contributed by atoms with E-state index in [4.69, 9.17) is 0 Å². The van der Waals surface area contributed by atoms with Gasteiger partial charge in [-0.1, -0.05) is 46.3 Å². The van der Waals surface area contributed by atoms with Crippen LogP contribution in [0.1, 0.15) is 53.9 Å². The van der Waals surface area contributed by atoms with Crippen LogP contribution in [0.3, 0.4) is 0 Å². The molecule has 0 aromatic rings. The maximum atomic E-state index is 2.55. The van der Waals surface area contributed by atoms with Gasteiger partial charge in [0.2, 0.25) is 0 Å². The topological polar surface area (TPSA) is 0 Å². The van der Waals surface area contributed by atoms with Gasteiger partial charge in [-0.3, -0.25) is 0 Å². The molecule has 2 rings (SSSR count). The first-order valence-electron chi connectivity index (χ1n) is 6.10. The van der Waals surface area contributed by atoms with Gasteiger partial charge in [-0.2, -0.15) is 0 Å². The van der Waals surface area contributed by atoms with Gasteiger partial charge in [-0.25, -0.2) is 0 Å². The molecule has 2 aliphatic carbocycles. The van der Waals surface area contributed by atoms with Crippen LogP contribution in [0.5, 0.6) is 0 Å². The minimum Gasteiger partial charge on any atom is -0.0842 e. The zero-order valence-electron chi connectivity index (χ0n) is 10.4. The molecule has 1 saturated carbocycles. The monoisotopic (exact) mass is 192 g/mol. The van der Waals surface area contributed by atoms with Gasteiger partial charge in [-0.15, -0.1) is 0 Å². The fraction of sp³-hybridized carbons (Fsp3) is 0.857. The van der Waals surface area contributed by atoms with Gasteiger partial charge in [0.1, 0.15) is 0 Å². The lowest BCUT2D eigenvalue weighted by atomic mass is 9.57. The van der Waals surface area contributed by atoms with Crippen molar-refractivity contribution in [3.63, 3.8) is 0 Å². The Kier molecular flexibility index (Phi) is 2.10. The molecule has 0 heterocycles. The van der Waals surface area contributed by atoms with E-state index >= 15 is 0 Å². The van der Waals surface area contributed by atoms with Crippen molar-refractivity contribution in [3.05, 3.63) is 11.6 Å². The van der Waals surface area contributed by atoms with E-state index in [0.29, 0.717) is 10.8 Å². The van der Waals surface area contributed by atoms with Gasteiger partial charge in [0.25, 0.3) is 0 Å². The highest BCUT2D eigenvalue weighted by molar-refractivity contribution is 5.27. The maximum absolute atomic E-state index is 2.55. The summed E-state index contributed by atoms with van der Waals surface area (Å²) in [5.74, 6) is 1.67. The Morgan fingerprint density at radius 1 is 1.29 bits per heavy atom. The molecule has 0 spiro atoms. The highest BCUT2D eigenvalue weighted by Gasteiger charge is 2.54. The molecule has 0 saturated heterocycles. The number of allylic oxidation sites excluding steroid dienone is 2. The van der Waals surface area contributed by atoms with E-state index in [-0.39, 0.29) is 0 Å². The number of hydrogen-bond donors (Lipinski definition) is 0. The lowest BCUT2D eigenvalue weighted by molar-refractivity contribution is 0.102. The Hall–Kier alpha value is -0.260. The molecule has 14 heavy (non-hydrogen) atoms. The molecule has 0 nitrogen and oxygen atoms in total. The van der Waals surface area contributed by atoms with Crippen LogP contribution in [0.25, 0.3) is 0 Å². The summed E-state index contributed by atoms with van der Waals surface area (Å²) in [6.45, 7) is 12.2. The first kappa shape index (κ1) is 10.3. The Balaban J connectivity index is 2.45. The smallest absolute Gasteiger partial charge is 0.00598 e. The molecule has 1 fully saturated rings. The predicted octanol–water partition coefficient (Wildman–Crippen LogP) is 4.42. The molecule has 0 amide bonds. The van der Waals surface area contributed by atoms with Crippen LogP contribution in [0.2, 0.25) is 0 Å². The molecular formula is C14H24. The summed E-state index contributed by atoms with van der Waals surface area (Å²) in [4.78, 5) is 0. The highest BCUT2D eigenvalue weighted by atomic mass is 14.6. The van der Waals surface area contributed by atoms with E-state index < -0.39 is 0 Å². The second-order valence-corrected chi connectivity index (χ2v) is 6.34. The Morgan fingerprint density at radius 3 is 2.50 bits per heavy atom. The van der Waals surface area contributed by atoms with Gasteiger partial charge < -0.3 is 0 Å². The van der Waals surface area contributed by atoms with Crippen molar-refractivity contribution in [1.82, 2.24) is 0 Å². The fourth-order valence-electron chi connectivity index (χ4n) is 3.89. The molecule has 80 valence electrons. The number of hydrogen-bond acceptors (Lipinski definition) is 0. The summed E-state index contributed by atoms with van der Waals surface area (Å²) in [5.41, 5.74) is 2.75. The van der Waals surface area contributed by atoms with Crippen molar-refractivity contribution in [2.75, 3.05) is 0 Å². The lowest BCUT2D eigenvalue weighted by Crippen LogP contribution is -2.39. The molecule has 0 aliphatic heterocycles. The Morgan fingerprint density at radius 2 is 1.93 bits per heavy atom. The van der Waals surface area contributed by atoms with Crippen molar-refractivity contribution in [2.24, 2.45) is 22.7 Å². The van der Waals surface area contributed by atoms with Gasteiger partial charge >= 0.3 is 0 Å². The zero-order chi connectivity index (χ0) is 10.6. The van der Waals surface area contributed by atoms with Crippen molar-refractivity contribution in [2.45, 2.75) is 53.9 Å². The van der Waals surface area contributed by atoms with Crippen LogP contribution < -0.4 is 0 Å². The average Bonchev–Trinajstić information content (AvgIpc) is 2.26. The quantitative estimate of drug-likeness (QED) is 0.540. The van der Waals surface area contributed by atoms with E-state index in [1.54, 1.807) is 5.57 Å². The van der Waals surface area contributed by atoms with Gasteiger partial charge in [0.05, 0.1) is 0 Å². The fourth-order valence-corrected chi connectivity index (χ4v) is 3.89. The van der Waals surface area contributed by atoms with E-state index in [9.17, 15) is 0 Å². The second-order valence-electron chi connectivity index (χ2n) is 6.34. The molecule has 2 bridgehead atoms. The van der Waals surface area contributed by atoms with E-state index in [1.807, 2.05) is 0 Å². The second kappa shape index (κ2) is 2.87. The molecule has 0 aromatic heterocycles. The molecule has 0 heteroatoms. The van der Waals surface area contributed by atoms with Gasteiger partial charge in [0.15, 0.2) is 0 Å². The van der Waals surface area contributed by atoms with Gasteiger partial charge in [0, 0.05) is 0 Å². The molecule has 0 aromatic carbocycles. The molecule has 2 atom stereocenters. The average molecular weight is 192 g/mol. The first-order valence-corrected chi connectivity index (χ1v) is 6.10. The van der Waals surface area contributed by atoms with E-state index in [2.05, 4.69) is 40.7 Å². The molecule has 0 N–H and O–H groups in total. The normalized spacial score (nSPS) is 40.1. The minimum atomic E-state index is 0.490. The predicted molar refractivity (Wildman–Crippen MR) is 62.2 cm³/mol. The molecular weight excluding hydrogens is 168 g/mol. The third kappa shape index (κ3) is 1.06. The summed E-state index contributed by atoms with van der Waals surface area (Å²) in [6.07, 6.45) is 6.73. The van der Waals surface area contributed by atoms with Crippen LogP contribution in [-0.2, 0) is 0 Å². The first-order chi connectivity index (χ1) is 6.39. The zero-order valence-corrected chi connectivity index (χ0v) is 10.4. The third-order valence-electron chi connectivity index (χ3n) is 5.32. The van der Waals surface area contributed by atoms with Crippen molar-refractivity contribution in [3.8, 4) is 0 Å². The van der Waals surface area contributed by atoms with E-state index in [0.717, 1.165) is 11.8 Å². The minimum absolute atomic E-state index is 0.490. The SMILES string of the molecule is CC(C)C1=CCC2CCC1(C)C2(C)C. The lowest BCUT2D eigenvalue weighted by Gasteiger charge is -2.48. The highest BCUT2D eigenvalue weighted by Crippen LogP contribution is 2.64. The van der Waals surface area contributed by atoms with Gasteiger partial charge in [-0.05, 0) is 41.9 Å². The van der Waals surface area contributed by atoms with Crippen molar-refractivity contribution in [1.29, 1.82) is 0 Å². The molecule has 2 aliphatic rings. The summed E-state index contributed by atoms with van der Waals surface area (Å²) >= 11 is 0. The number of fused-ring (bicyclic) bond motifs is 2. The van der Waals surface area contributed by atoms with Crippen LogP contribution in [0.15, 0.2) is 11.6 Å². The third-order valence-corrected chi connectivity index (χ3v) is 5.32. The maximum Gasteiger partial charge on any atom is -0.00598 e. The summed E-state index contributed by atoms with van der Waals surface area (Å²) in [6, 6.07) is 0. The summed E-state index contributed by atoms with van der Waals surface area (Å²) in [7, 11) is 0. The summed E-state index contributed by atoms with van der Waals surface area (Å²) in [5, 5.41) is 0.